The first-order valence-electron chi connectivity index (χ1n) is 7.22. The number of hydrogen-bond donors (Lipinski definition) is 0. The van der Waals surface area contributed by atoms with Crippen LogP contribution in [0.15, 0.2) is 24.3 Å². The van der Waals surface area contributed by atoms with E-state index >= 15 is 0 Å². The smallest absolute Gasteiger partial charge is 0.227 e. The van der Waals surface area contributed by atoms with E-state index in [4.69, 9.17) is 11.6 Å². The third-order valence-corrected chi connectivity index (χ3v) is 5.43. The number of nitrogens with zero attached hydrogens (tertiary/aromatic N) is 2. The lowest BCUT2D eigenvalue weighted by atomic mass is 9.98. The second-order valence-electron chi connectivity index (χ2n) is 5.78. The summed E-state index contributed by atoms with van der Waals surface area (Å²) in [6.07, 6.45) is 2.64. The molecule has 0 bridgehead atoms. The molecular weight excluding hydrogens is 324 g/mol. The molecule has 1 aromatic rings. The Bertz CT molecular complexity index is 631. The number of halogens is 1. The fraction of sp³-hybridized carbons (Fsp3) is 0.533. The summed E-state index contributed by atoms with van der Waals surface area (Å²) in [5.74, 6) is -0.274. The Balaban J connectivity index is 1.99. The fourth-order valence-electron chi connectivity index (χ4n) is 2.70. The summed E-state index contributed by atoms with van der Waals surface area (Å²) in [6.45, 7) is 1.28. The second kappa shape index (κ2) is 6.98. The summed E-state index contributed by atoms with van der Waals surface area (Å²) in [4.78, 5) is 14.2. The van der Waals surface area contributed by atoms with Gasteiger partial charge in [0.15, 0.2) is 0 Å². The number of carbonyl (C=O) groups excluding carboxylic acids is 1. The zero-order chi connectivity index (χ0) is 16.3. The maximum Gasteiger partial charge on any atom is 0.227 e. The van der Waals surface area contributed by atoms with Gasteiger partial charge in [0.1, 0.15) is 0 Å². The van der Waals surface area contributed by atoms with Gasteiger partial charge in [-0.3, -0.25) is 4.79 Å². The lowest BCUT2D eigenvalue weighted by Gasteiger charge is -2.32. The molecule has 0 N–H and O–H groups in total. The lowest BCUT2D eigenvalue weighted by Crippen LogP contribution is -2.45. The quantitative estimate of drug-likeness (QED) is 0.839. The molecule has 22 heavy (non-hydrogen) atoms. The largest absolute Gasteiger partial charge is 0.341 e. The molecule has 2 rings (SSSR count). The second-order valence-corrected chi connectivity index (χ2v) is 8.20. The van der Waals surface area contributed by atoms with Crippen LogP contribution in [-0.4, -0.2) is 49.9 Å². The highest BCUT2D eigenvalue weighted by atomic mass is 35.5. The lowest BCUT2D eigenvalue weighted by molar-refractivity contribution is -0.135. The third kappa shape index (κ3) is 4.44. The van der Waals surface area contributed by atoms with Gasteiger partial charge in [-0.1, -0.05) is 23.7 Å². The van der Waals surface area contributed by atoms with Gasteiger partial charge in [0.25, 0.3) is 0 Å². The first kappa shape index (κ1) is 17.2. The predicted molar refractivity (Wildman–Crippen MR) is 87.1 cm³/mol. The van der Waals surface area contributed by atoms with Gasteiger partial charge in [0.05, 0.1) is 12.2 Å². The Morgan fingerprint density at radius 3 is 2.59 bits per heavy atom. The predicted octanol–water partition coefficient (Wildman–Crippen LogP) is 1.97. The molecule has 1 aliphatic heterocycles. The zero-order valence-electron chi connectivity index (χ0n) is 12.8. The van der Waals surface area contributed by atoms with Gasteiger partial charge >= 0.3 is 0 Å². The van der Waals surface area contributed by atoms with Gasteiger partial charge in [-0.25, -0.2) is 12.7 Å². The van der Waals surface area contributed by atoms with E-state index in [0.29, 0.717) is 18.1 Å². The van der Waals surface area contributed by atoms with E-state index < -0.39 is 10.0 Å². The van der Waals surface area contributed by atoms with Gasteiger partial charge in [-0.05, 0) is 30.5 Å². The number of piperidine rings is 1. The molecule has 1 amide bonds. The molecule has 1 unspecified atom stereocenters. The molecule has 1 saturated heterocycles. The minimum Gasteiger partial charge on any atom is -0.341 e. The summed E-state index contributed by atoms with van der Waals surface area (Å²) in [6, 6.07) is 7.36. The van der Waals surface area contributed by atoms with Gasteiger partial charge in [-0.15, -0.1) is 0 Å². The molecule has 7 heteroatoms. The topological polar surface area (TPSA) is 57.7 Å². The SMILES string of the molecule is CN(Cc1ccc(Cl)cc1)C(=O)C1CCCN(S(C)(=O)=O)C1. The molecule has 122 valence electrons. The summed E-state index contributed by atoms with van der Waals surface area (Å²) in [7, 11) is -1.49. The number of amides is 1. The Morgan fingerprint density at radius 1 is 1.36 bits per heavy atom. The van der Waals surface area contributed by atoms with Crippen molar-refractivity contribution in [2.45, 2.75) is 19.4 Å². The molecule has 0 radical (unpaired) electrons. The van der Waals surface area contributed by atoms with E-state index in [1.165, 1.54) is 10.6 Å². The van der Waals surface area contributed by atoms with Crippen molar-refractivity contribution in [3.05, 3.63) is 34.9 Å². The zero-order valence-corrected chi connectivity index (χ0v) is 14.4. The van der Waals surface area contributed by atoms with Crippen molar-refractivity contribution in [3.8, 4) is 0 Å². The summed E-state index contributed by atoms with van der Waals surface area (Å²) < 4.78 is 24.7. The molecule has 0 spiro atoms. The van der Waals surface area contributed by atoms with Crippen LogP contribution < -0.4 is 0 Å². The van der Waals surface area contributed by atoms with Crippen molar-refractivity contribution in [1.29, 1.82) is 0 Å². The van der Waals surface area contributed by atoms with E-state index in [0.717, 1.165) is 18.4 Å². The first-order valence-corrected chi connectivity index (χ1v) is 9.44. The number of carbonyl (C=O) groups is 1. The highest BCUT2D eigenvalue weighted by Gasteiger charge is 2.31. The molecule has 1 heterocycles. The van der Waals surface area contributed by atoms with Crippen molar-refractivity contribution in [3.63, 3.8) is 0 Å². The third-order valence-electron chi connectivity index (χ3n) is 3.91. The van der Waals surface area contributed by atoms with Crippen molar-refractivity contribution in [1.82, 2.24) is 9.21 Å². The highest BCUT2D eigenvalue weighted by Crippen LogP contribution is 2.21. The van der Waals surface area contributed by atoms with Gasteiger partial charge in [-0.2, -0.15) is 0 Å². The average Bonchev–Trinajstić information content (AvgIpc) is 2.48. The molecule has 1 aliphatic rings. The van der Waals surface area contributed by atoms with Crippen molar-refractivity contribution in [2.24, 2.45) is 5.92 Å². The van der Waals surface area contributed by atoms with E-state index in [1.807, 2.05) is 12.1 Å². The van der Waals surface area contributed by atoms with Crippen molar-refractivity contribution in [2.75, 3.05) is 26.4 Å². The fourth-order valence-corrected chi connectivity index (χ4v) is 3.74. The molecule has 0 aliphatic carbocycles. The van der Waals surface area contributed by atoms with Gasteiger partial charge < -0.3 is 4.90 Å². The van der Waals surface area contributed by atoms with Crippen molar-refractivity contribution >= 4 is 27.5 Å². The Kier molecular flexibility index (Phi) is 5.47. The molecule has 1 fully saturated rings. The Hall–Kier alpha value is -1.11. The Labute approximate surface area is 136 Å². The van der Waals surface area contributed by atoms with Gasteiger partial charge in [0, 0.05) is 31.7 Å². The van der Waals surface area contributed by atoms with Crippen LogP contribution in [0.2, 0.25) is 5.02 Å². The van der Waals surface area contributed by atoms with E-state index in [-0.39, 0.29) is 18.4 Å². The summed E-state index contributed by atoms with van der Waals surface area (Å²) >= 11 is 5.85. The van der Waals surface area contributed by atoms with Crippen molar-refractivity contribution < 1.29 is 13.2 Å². The van der Waals surface area contributed by atoms with Crippen LogP contribution in [0.3, 0.4) is 0 Å². The van der Waals surface area contributed by atoms with E-state index in [1.54, 1.807) is 24.1 Å². The number of benzene rings is 1. The van der Waals surface area contributed by atoms with Crippen LogP contribution in [0.25, 0.3) is 0 Å². The Morgan fingerprint density at radius 2 is 2.00 bits per heavy atom. The number of hydrogen-bond acceptors (Lipinski definition) is 3. The maximum atomic E-state index is 12.5. The highest BCUT2D eigenvalue weighted by molar-refractivity contribution is 7.88. The normalized spacial score (nSPS) is 19.9. The number of rotatable bonds is 4. The van der Waals surface area contributed by atoms with E-state index in [2.05, 4.69) is 0 Å². The molecule has 0 aromatic heterocycles. The van der Waals surface area contributed by atoms with Crippen LogP contribution in [0, 0.1) is 5.92 Å². The van der Waals surface area contributed by atoms with Crippen LogP contribution in [0.1, 0.15) is 18.4 Å². The van der Waals surface area contributed by atoms with Crippen LogP contribution >= 0.6 is 11.6 Å². The minimum atomic E-state index is -3.23. The van der Waals surface area contributed by atoms with Crippen LogP contribution in [-0.2, 0) is 21.4 Å². The monoisotopic (exact) mass is 344 g/mol. The first-order chi connectivity index (χ1) is 10.3. The molecule has 5 nitrogen and oxygen atoms in total. The maximum absolute atomic E-state index is 12.5. The standard InChI is InChI=1S/C15H21ClN2O3S/c1-17(10-12-5-7-14(16)8-6-12)15(19)13-4-3-9-18(11-13)22(2,20)21/h5-8,13H,3-4,9-11H2,1-2H3. The average molecular weight is 345 g/mol. The minimum absolute atomic E-state index is 0.0108. The molecule has 1 atom stereocenters. The molecule has 0 saturated carbocycles. The van der Waals surface area contributed by atoms with E-state index in [9.17, 15) is 13.2 Å². The van der Waals surface area contributed by atoms with Crippen LogP contribution in [0.5, 0.6) is 0 Å². The number of sulfonamides is 1. The molecule has 1 aromatic carbocycles. The molecular formula is C15H21ClN2O3S. The summed E-state index contributed by atoms with van der Waals surface area (Å²) in [5, 5.41) is 0.661. The van der Waals surface area contributed by atoms with Gasteiger partial charge in [0.2, 0.25) is 15.9 Å². The summed E-state index contributed by atoms with van der Waals surface area (Å²) in [5.41, 5.74) is 0.996. The van der Waals surface area contributed by atoms with Crippen LogP contribution in [0.4, 0.5) is 0 Å².